The molecule has 0 aromatic heterocycles. The molecule has 0 saturated carbocycles. The summed E-state index contributed by atoms with van der Waals surface area (Å²) in [5.74, 6) is 0.404. The van der Waals surface area contributed by atoms with E-state index in [1.807, 2.05) is 13.8 Å². The lowest BCUT2D eigenvalue weighted by Gasteiger charge is -2.15. The van der Waals surface area contributed by atoms with Crippen LogP contribution in [0, 0.1) is 11.8 Å². The number of carbonyl (C=O) groups excluding carboxylic acids is 2. The molecule has 0 bridgehead atoms. The van der Waals surface area contributed by atoms with E-state index in [1.54, 1.807) is 24.3 Å². The van der Waals surface area contributed by atoms with Crippen molar-refractivity contribution in [2.75, 3.05) is 11.9 Å². The van der Waals surface area contributed by atoms with Gasteiger partial charge in [0.05, 0.1) is 0 Å². The van der Waals surface area contributed by atoms with Gasteiger partial charge in [-0.25, -0.2) is 0 Å². The summed E-state index contributed by atoms with van der Waals surface area (Å²) in [7, 11) is 0. The van der Waals surface area contributed by atoms with E-state index in [0.29, 0.717) is 11.5 Å². The third-order valence-corrected chi connectivity index (χ3v) is 4.03. The maximum Gasteiger partial charge on any atom is 0.251 e. The number of carbonyl (C=O) groups is 2. The van der Waals surface area contributed by atoms with E-state index in [2.05, 4.69) is 24.5 Å². The minimum atomic E-state index is -0.0629. The zero-order chi connectivity index (χ0) is 17.2. The zero-order valence-electron chi connectivity index (χ0n) is 14.8. The number of anilines is 1. The van der Waals surface area contributed by atoms with Crippen molar-refractivity contribution in [2.45, 2.75) is 53.4 Å². The Morgan fingerprint density at radius 2 is 1.74 bits per heavy atom. The predicted octanol–water partition coefficient (Wildman–Crippen LogP) is 4.23. The molecule has 0 fully saturated rings. The molecule has 0 radical (unpaired) electrons. The van der Waals surface area contributed by atoms with E-state index in [9.17, 15) is 9.59 Å². The van der Waals surface area contributed by atoms with Crippen LogP contribution in [-0.2, 0) is 4.79 Å². The smallest absolute Gasteiger partial charge is 0.251 e. The van der Waals surface area contributed by atoms with Gasteiger partial charge in [0.1, 0.15) is 0 Å². The average Bonchev–Trinajstić information content (AvgIpc) is 2.55. The monoisotopic (exact) mass is 318 g/mol. The second-order valence-electron chi connectivity index (χ2n) is 6.35. The van der Waals surface area contributed by atoms with Crippen LogP contribution in [0.4, 0.5) is 5.69 Å². The van der Waals surface area contributed by atoms with Gasteiger partial charge in [0.15, 0.2) is 0 Å². The largest absolute Gasteiger partial charge is 0.352 e. The molecule has 2 amide bonds. The Morgan fingerprint density at radius 1 is 1.09 bits per heavy atom. The fourth-order valence-corrected chi connectivity index (χ4v) is 2.27. The summed E-state index contributed by atoms with van der Waals surface area (Å²) in [5, 5.41) is 5.83. The van der Waals surface area contributed by atoms with Gasteiger partial charge in [-0.05, 0) is 36.6 Å². The topological polar surface area (TPSA) is 58.2 Å². The molecule has 1 aromatic carbocycles. The standard InChI is InChI=1S/C19H30N2O2/c1-5-7-8-15(6-2)13-20-19(23)16-9-11-17(12-10-16)21-18(22)14(3)4/h9-12,14-15H,5-8,13H2,1-4H3,(H,20,23)(H,21,22)/t15-/m1/s1. The van der Waals surface area contributed by atoms with Crippen molar-refractivity contribution in [1.82, 2.24) is 5.32 Å². The Morgan fingerprint density at radius 3 is 2.26 bits per heavy atom. The highest BCUT2D eigenvalue weighted by Gasteiger charge is 2.11. The van der Waals surface area contributed by atoms with Crippen molar-refractivity contribution in [3.05, 3.63) is 29.8 Å². The lowest BCUT2D eigenvalue weighted by Crippen LogP contribution is -2.29. The van der Waals surface area contributed by atoms with Gasteiger partial charge in [0.25, 0.3) is 5.91 Å². The summed E-state index contributed by atoms with van der Waals surface area (Å²) in [4.78, 5) is 23.8. The molecule has 0 aliphatic rings. The van der Waals surface area contributed by atoms with Crippen molar-refractivity contribution in [1.29, 1.82) is 0 Å². The lowest BCUT2D eigenvalue weighted by molar-refractivity contribution is -0.118. The first-order valence-corrected chi connectivity index (χ1v) is 8.67. The number of nitrogens with one attached hydrogen (secondary N) is 2. The van der Waals surface area contributed by atoms with Gasteiger partial charge < -0.3 is 10.6 Å². The molecule has 0 unspecified atom stereocenters. The van der Waals surface area contributed by atoms with Crippen LogP contribution in [0.2, 0.25) is 0 Å². The van der Waals surface area contributed by atoms with Crippen molar-refractivity contribution in [3.8, 4) is 0 Å². The number of benzene rings is 1. The van der Waals surface area contributed by atoms with E-state index < -0.39 is 0 Å². The summed E-state index contributed by atoms with van der Waals surface area (Å²) in [6.07, 6.45) is 4.64. The van der Waals surface area contributed by atoms with Crippen LogP contribution in [0.5, 0.6) is 0 Å². The van der Waals surface area contributed by atoms with Crippen LogP contribution in [-0.4, -0.2) is 18.4 Å². The Kier molecular flexibility index (Phi) is 8.38. The SMILES string of the molecule is CCCC[C@@H](CC)CNC(=O)c1ccc(NC(=O)C(C)C)cc1. The highest BCUT2D eigenvalue weighted by molar-refractivity contribution is 5.96. The first-order chi connectivity index (χ1) is 11.0. The van der Waals surface area contributed by atoms with Crippen molar-refractivity contribution < 1.29 is 9.59 Å². The van der Waals surface area contributed by atoms with Crippen LogP contribution >= 0.6 is 0 Å². The van der Waals surface area contributed by atoms with Crippen molar-refractivity contribution >= 4 is 17.5 Å². The van der Waals surface area contributed by atoms with E-state index in [-0.39, 0.29) is 17.7 Å². The summed E-state index contributed by atoms with van der Waals surface area (Å²) in [5.41, 5.74) is 1.34. The van der Waals surface area contributed by atoms with E-state index in [4.69, 9.17) is 0 Å². The highest BCUT2D eigenvalue weighted by Crippen LogP contribution is 2.13. The minimum absolute atomic E-state index is 0.0242. The number of hydrogen-bond donors (Lipinski definition) is 2. The van der Waals surface area contributed by atoms with Gasteiger partial charge in [-0.2, -0.15) is 0 Å². The maximum absolute atomic E-state index is 12.2. The highest BCUT2D eigenvalue weighted by atomic mass is 16.2. The van der Waals surface area contributed by atoms with Gasteiger partial charge in [0.2, 0.25) is 5.91 Å². The molecular weight excluding hydrogens is 288 g/mol. The molecule has 1 atom stereocenters. The minimum Gasteiger partial charge on any atom is -0.352 e. The maximum atomic E-state index is 12.2. The summed E-state index contributed by atoms with van der Waals surface area (Å²) >= 11 is 0. The van der Waals surface area contributed by atoms with Crippen molar-refractivity contribution in [2.24, 2.45) is 11.8 Å². The second kappa shape index (κ2) is 10.0. The van der Waals surface area contributed by atoms with Gasteiger partial charge in [0, 0.05) is 23.7 Å². The summed E-state index contributed by atoms with van der Waals surface area (Å²) in [6, 6.07) is 7.03. The Hall–Kier alpha value is -1.84. The lowest BCUT2D eigenvalue weighted by atomic mass is 9.99. The van der Waals surface area contributed by atoms with Gasteiger partial charge in [-0.15, -0.1) is 0 Å². The number of unbranched alkanes of at least 4 members (excludes halogenated alkanes) is 1. The van der Waals surface area contributed by atoms with Gasteiger partial charge in [-0.3, -0.25) is 9.59 Å². The molecular formula is C19H30N2O2. The van der Waals surface area contributed by atoms with E-state index in [1.165, 1.54) is 12.8 Å². The molecule has 0 aliphatic heterocycles. The quantitative estimate of drug-likeness (QED) is 0.716. The molecule has 1 rings (SSSR count). The number of rotatable bonds is 9. The molecule has 23 heavy (non-hydrogen) atoms. The first-order valence-electron chi connectivity index (χ1n) is 8.67. The fourth-order valence-electron chi connectivity index (χ4n) is 2.27. The van der Waals surface area contributed by atoms with Crippen molar-refractivity contribution in [3.63, 3.8) is 0 Å². The molecule has 0 heterocycles. The third-order valence-electron chi connectivity index (χ3n) is 4.03. The zero-order valence-corrected chi connectivity index (χ0v) is 14.8. The van der Waals surface area contributed by atoms with Crippen LogP contribution in [0.15, 0.2) is 24.3 Å². The number of hydrogen-bond acceptors (Lipinski definition) is 2. The Balaban J connectivity index is 2.52. The number of amides is 2. The first kappa shape index (κ1) is 19.2. The molecule has 0 spiro atoms. The third kappa shape index (κ3) is 6.85. The molecule has 0 saturated heterocycles. The van der Waals surface area contributed by atoms with Gasteiger partial charge in [-0.1, -0.05) is 47.0 Å². The van der Waals surface area contributed by atoms with Crippen LogP contribution in [0.25, 0.3) is 0 Å². The average molecular weight is 318 g/mol. The normalized spacial score (nSPS) is 12.0. The molecule has 2 N–H and O–H groups in total. The molecule has 0 aliphatic carbocycles. The Bertz CT molecular complexity index is 495. The predicted molar refractivity (Wildman–Crippen MR) is 95.5 cm³/mol. The molecule has 128 valence electrons. The van der Waals surface area contributed by atoms with E-state index >= 15 is 0 Å². The fraction of sp³-hybridized carbons (Fsp3) is 0.579. The molecule has 1 aromatic rings. The van der Waals surface area contributed by atoms with Gasteiger partial charge >= 0.3 is 0 Å². The van der Waals surface area contributed by atoms with Crippen LogP contribution in [0.3, 0.4) is 0 Å². The Labute approximate surface area is 140 Å². The molecule has 4 nitrogen and oxygen atoms in total. The van der Waals surface area contributed by atoms with E-state index in [0.717, 1.165) is 25.1 Å². The van der Waals surface area contributed by atoms with Crippen LogP contribution < -0.4 is 10.6 Å². The second-order valence-corrected chi connectivity index (χ2v) is 6.35. The molecule has 4 heteroatoms. The summed E-state index contributed by atoms with van der Waals surface area (Å²) in [6.45, 7) is 8.77. The summed E-state index contributed by atoms with van der Waals surface area (Å²) < 4.78 is 0. The van der Waals surface area contributed by atoms with Crippen LogP contribution in [0.1, 0.15) is 63.7 Å².